The molecule has 6 heavy (non-hydrogen) atoms. The van der Waals surface area contributed by atoms with Crippen LogP contribution in [0, 0.1) is 0 Å². The van der Waals surface area contributed by atoms with Crippen LogP contribution in [0.3, 0.4) is 0 Å². The van der Waals surface area contributed by atoms with Crippen molar-refractivity contribution in [3.05, 3.63) is 0 Å². The minimum Gasteiger partial charge on any atom is -0.360 e. The lowest BCUT2D eigenvalue weighted by Gasteiger charge is -1.97. The van der Waals surface area contributed by atoms with Crippen molar-refractivity contribution in [1.82, 2.24) is 0 Å². The van der Waals surface area contributed by atoms with E-state index in [1.54, 1.807) is 7.11 Å². The molecule has 0 aromatic carbocycles. The predicted octanol–water partition coefficient (Wildman–Crippen LogP) is 0.679. The normalized spacial score (nSPS) is 13.7. The van der Waals surface area contributed by atoms with Crippen LogP contribution < -0.4 is 0 Å². The van der Waals surface area contributed by atoms with Gasteiger partial charge in [-0.05, 0) is 13.6 Å². The zero-order chi connectivity index (χ0) is 4.99. The molecule has 0 spiro atoms. The summed E-state index contributed by atoms with van der Waals surface area (Å²) in [4.78, 5) is 3.53. The average Bonchev–Trinajstić information content (AvgIpc) is 1.65. The summed E-state index contributed by atoms with van der Waals surface area (Å²) in [5, 5.41) is 0. The van der Waals surface area contributed by atoms with Crippen LogP contribution in [0.1, 0.15) is 6.92 Å². The smallest absolute Gasteiger partial charge is 0.144 e. The number of aliphatic imine (C=N–C) groups is 1. The molecule has 2 nitrogen and oxygen atoms in total. The van der Waals surface area contributed by atoms with Gasteiger partial charge in [0.2, 0.25) is 0 Å². The number of hydrogen-bond donors (Lipinski definition) is 0. The summed E-state index contributed by atoms with van der Waals surface area (Å²) in [6, 6.07) is 0. The van der Waals surface area contributed by atoms with Gasteiger partial charge in [0.1, 0.15) is 6.23 Å². The van der Waals surface area contributed by atoms with Crippen LogP contribution in [0.4, 0.5) is 0 Å². The van der Waals surface area contributed by atoms with E-state index in [0.717, 1.165) is 0 Å². The molecule has 0 saturated carbocycles. The third-order valence-corrected chi connectivity index (χ3v) is 0.598. The van der Waals surface area contributed by atoms with Gasteiger partial charge in [0.05, 0.1) is 0 Å². The lowest BCUT2D eigenvalue weighted by Crippen LogP contribution is -1.97. The molecule has 0 fully saturated rings. The van der Waals surface area contributed by atoms with Crippen molar-refractivity contribution in [2.75, 3.05) is 7.11 Å². The number of hydrogen-bond acceptors (Lipinski definition) is 2. The van der Waals surface area contributed by atoms with E-state index in [9.17, 15) is 0 Å². The number of methoxy groups -OCH3 is 1. The summed E-state index contributed by atoms with van der Waals surface area (Å²) >= 11 is 0. The van der Waals surface area contributed by atoms with Crippen LogP contribution in [0.2, 0.25) is 0 Å². The van der Waals surface area contributed by atoms with E-state index < -0.39 is 0 Å². The van der Waals surface area contributed by atoms with E-state index in [0.29, 0.717) is 0 Å². The van der Waals surface area contributed by atoms with Crippen LogP contribution in [-0.2, 0) is 4.74 Å². The molecule has 1 unspecified atom stereocenters. The quantitative estimate of drug-likeness (QED) is 0.454. The van der Waals surface area contributed by atoms with Crippen molar-refractivity contribution in [1.29, 1.82) is 0 Å². The second kappa shape index (κ2) is 2.85. The second-order valence-corrected chi connectivity index (χ2v) is 1.02. The van der Waals surface area contributed by atoms with E-state index in [1.165, 1.54) is 0 Å². The summed E-state index contributed by atoms with van der Waals surface area (Å²) in [5.74, 6) is 0. The van der Waals surface area contributed by atoms with Crippen molar-refractivity contribution >= 4 is 6.72 Å². The minimum absolute atomic E-state index is 0.0509. The lowest BCUT2D eigenvalue weighted by molar-refractivity contribution is 0.127. The van der Waals surface area contributed by atoms with E-state index in [-0.39, 0.29) is 6.23 Å². The summed E-state index contributed by atoms with van der Waals surface area (Å²) in [6.45, 7) is 5.08. The Bertz CT molecular complexity index is 44.8. The van der Waals surface area contributed by atoms with Crippen LogP contribution in [0.15, 0.2) is 4.99 Å². The Hall–Kier alpha value is -0.370. The van der Waals surface area contributed by atoms with Gasteiger partial charge in [0.15, 0.2) is 0 Å². The predicted molar refractivity (Wildman–Crippen MR) is 26.0 cm³/mol. The average molecular weight is 87.1 g/mol. The molecule has 36 valence electrons. The van der Waals surface area contributed by atoms with Gasteiger partial charge < -0.3 is 4.74 Å². The van der Waals surface area contributed by atoms with Gasteiger partial charge in [0, 0.05) is 7.11 Å². The zero-order valence-corrected chi connectivity index (χ0v) is 4.14. The van der Waals surface area contributed by atoms with Crippen LogP contribution in [0.25, 0.3) is 0 Å². The first kappa shape index (κ1) is 5.63. The first-order chi connectivity index (χ1) is 2.81. The maximum atomic E-state index is 4.67. The molecule has 0 aliphatic rings. The maximum absolute atomic E-state index is 4.67. The van der Waals surface area contributed by atoms with E-state index in [4.69, 9.17) is 0 Å². The molecule has 0 aliphatic carbocycles. The standard InChI is InChI=1S/C4H9NO/c1-4(5-2)6-3/h4H,2H2,1,3H3. The van der Waals surface area contributed by atoms with Crippen molar-refractivity contribution in [2.45, 2.75) is 13.2 Å². The highest BCUT2D eigenvalue weighted by atomic mass is 16.5. The third-order valence-electron chi connectivity index (χ3n) is 0.598. The van der Waals surface area contributed by atoms with Gasteiger partial charge >= 0.3 is 0 Å². The fraction of sp³-hybridized carbons (Fsp3) is 0.750. The summed E-state index contributed by atoms with van der Waals surface area (Å²) in [6.07, 6.45) is -0.0509. The minimum atomic E-state index is -0.0509. The molecule has 0 amide bonds. The molecule has 1 atom stereocenters. The lowest BCUT2D eigenvalue weighted by atomic mass is 10.7. The highest BCUT2D eigenvalue weighted by Gasteiger charge is 1.84. The Balaban J connectivity index is 2.96. The summed E-state index contributed by atoms with van der Waals surface area (Å²) < 4.78 is 4.67. The van der Waals surface area contributed by atoms with Crippen molar-refractivity contribution in [3.63, 3.8) is 0 Å². The van der Waals surface area contributed by atoms with Gasteiger partial charge in [0.25, 0.3) is 0 Å². The van der Waals surface area contributed by atoms with Gasteiger partial charge in [-0.15, -0.1) is 0 Å². The summed E-state index contributed by atoms with van der Waals surface area (Å²) in [5.41, 5.74) is 0. The van der Waals surface area contributed by atoms with Crippen LogP contribution >= 0.6 is 0 Å². The molecule has 0 aliphatic heterocycles. The van der Waals surface area contributed by atoms with Gasteiger partial charge in [-0.2, -0.15) is 0 Å². The molecule has 0 aromatic heterocycles. The molecular formula is C4H9NO. The molecule has 0 rings (SSSR count). The SMILES string of the molecule is C=NC(C)OC. The molecule has 0 saturated heterocycles. The third kappa shape index (κ3) is 1.91. The first-order valence-corrected chi connectivity index (χ1v) is 1.80. The highest BCUT2D eigenvalue weighted by Crippen LogP contribution is 1.82. The Morgan fingerprint density at radius 3 is 2.33 bits per heavy atom. The fourth-order valence-electron chi connectivity index (χ4n) is 0.0745. The first-order valence-electron chi connectivity index (χ1n) is 1.80. The van der Waals surface area contributed by atoms with Gasteiger partial charge in [-0.3, -0.25) is 4.99 Å². The Kier molecular flexibility index (Phi) is 2.67. The molecular weight excluding hydrogens is 78.0 g/mol. The molecule has 2 heteroatoms. The molecule has 0 N–H and O–H groups in total. The topological polar surface area (TPSA) is 21.6 Å². The molecule has 0 aromatic rings. The Morgan fingerprint density at radius 2 is 2.33 bits per heavy atom. The molecule has 0 bridgehead atoms. The number of rotatable bonds is 2. The largest absolute Gasteiger partial charge is 0.360 e. The highest BCUT2D eigenvalue weighted by molar-refractivity contribution is 5.23. The second-order valence-electron chi connectivity index (χ2n) is 1.02. The van der Waals surface area contributed by atoms with Crippen LogP contribution in [-0.4, -0.2) is 20.1 Å². The maximum Gasteiger partial charge on any atom is 0.144 e. The number of ether oxygens (including phenoxy) is 1. The number of nitrogens with zero attached hydrogens (tertiary/aromatic N) is 1. The van der Waals surface area contributed by atoms with E-state index >= 15 is 0 Å². The van der Waals surface area contributed by atoms with Crippen molar-refractivity contribution < 1.29 is 4.74 Å². The summed E-state index contributed by atoms with van der Waals surface area (Å²) in [7, 11) is 1.60. The van der Waals surface area contributed by atoms with E-state index in [2.05, 4.69) is 16.4 Å². The monoisotopic (exact) mass is 87.1 g/mol. The molecule has 0 heterocycles. The van der Waals surface area contributed by atoms with Crippen molar-refractivity contribution in [2.24, 2.45) is 4.99 Å². The fourth-order valence-corrected chi connectivity index (χ4v) is 0.0745. The van der Waals surface area contributed by atoms with E-state index in [1.807, 2.05) is 6.92 Å². The zero-order valence-electron chi connectivity index (χ0n) is 4.14. The Morgan fingerprint density at radius 1 is 1.83 bits per heavy atom. The van der Waals surface area contributed by atoms with Crippen molar-refractivity contribution in [3.8, 4) is 0 Å². The van der Waals surface area contributed by atoms with Gasteiger partial charge in [-0.25, -0.2) is 0 Å². The van der Waals surface area contributed by atoms with Gasteiger partial charge in [-0.1, -0.05) is 0 Å². The van der Waals surface area contributed by atoms with Crippen LogP contribution in [0.5, 0.6) is 0 Å². The molecule has 0 radical (unpaired) electrons. The Labute approximate surface area is 37.8 Å².